The van der Waals surface area contributed by atoms with E-state index >= 15 is 0 Å². The highest BCUT2D eigenvalue weighted by molar-refractivity contribution is 5.97. The summed E-state index contributed by atoms with van der Waals surface area (Å²) in [6.45, 7) is 8.38. The van der Waals surface area contributed by atoms with E-state index in [0.29, 0.717) is 19.1 Å². The van der Waals surface area contributed by atoms with E-state index in [1.54, 1.807) is 0 Å². The molecule has 1 N–H and O–H groups in total. The molecule has 0 saturated heterocycles. The Bertz CT molecular complexity index is 544. The number of rotatable bonds is 8. The van der Waals surface area contributed by atoms with Gasteiger partial charge >= 0.3 is 0 Å². The monoisotopic (exact) mass is 333 g/mol. The first-order valence-corrected chi connectivity index (χ1v) is 9.21. The van der Waals surface area contributed by atoms with E-state index in [1.807, 2.05) is 39.0 Å². The van der Waals surface area contributed by atoms with Gasteiger partial charge in [0, 0.05) is 12.3 Å². The van der Waals surface area contributed by atoms with Crippen molar-refractivity contribution in [3.05, 3.63) is 23.8 Å². The predicted octanol–water partition coefficient (Wildman–Crippen LogP) is 4.85. The Hall–Kier alpha value is -1.55. The van der Waals surface area contributed by atoms with Crippen LogP contribution in [0.15, 0.2) is 18.2 Å². The molecule has 0 spiro atoms. The molecule has 0 aromatic heterocycles. The molecule has 24 heavy (non-hydrogen) atoms. The highest BCUT2D eigenvalue weighted by Gasteiger charge is 2.33. The molecule has 4 nitrogen and oxygen atoms in total. The molecule has 1 saturated carbocycles. The Kier molecular flexibility index (Phi) is 6.67. The van der Waals surface area contributed by atoms with Gasteiger partial charge < -0.3 is 14.8 Å². The summed E-state index contributed by atoms with van der Waals surface area (Å²) in [7, 11) is 0. The number of aryl methyl sites for hydroxylation is 1. The number of nitrogens with one attached hydrogen (secondary N) is 1. The van der Waals surface area contributed by atoms with Crippen LogP contribution in [0.1, 0.15) is 64.9 Å². The Morgan fingerprint density at radius 2 is 2.00 bits per heavy atom. The van der Waals surface area contributed by atoms with Crippen LogP contribution in [0.2, 0.25) is 0 Å². The lowest BCUT2D eigenvalue weighted by atomic mass is 9.99. The molecule has 0 aliphatic heterocycles. The molecule has 4 heteroatoms. The quantitative estimate of drug-likeness (QED) is 0.740. The zero-order chi connectivity index (χ0) is 17.6. The van der Waals surface area contributed by atoms with Gasteiger partial charge in [-0.2, -0.15) is 0 Å². The van der Waals surface area contributed by atoms with Crippen molar-refractivity contribution in [2.45, 2.75) is 77.9 Å². The van der Waals surface area contributed by atoms with Gasteiger partial charge in [-0.3, -0.25) is 4.79 Å². The van der Waals surface area contributed by atoms with E-state index in [9.17, 15) is 4.79 Å². The zero-order valence-corrected chi connectivity index (χ0v) is 15.5. The average Bonchev–Trinajstić information content (AvgIpc) is 3.03. The summed E-state index contributed by atoms with van der Waals surface area (Å²) < 4.78 is 11.8. The van der Waals surface area contributed by atoms with Crippen LogP contribution in [0.3, 0.4) is 0 Å². The molecular formula is C20H31NO3. The van der Waals surface area contributed by atoms with Crippen LogP contribution in [-0.4, -0.2) is 24.2 Å². The van der Waals surface area contributed by atoms with E-state index in [4.69, 9.17) is 9.47 Å². The summed E-state index contributed by atoms with van der Waals surface area (Å²) in [5, 5.41) is 2.99. The number of amides is 1. The first-order valence-electron chi connectivity index (χ1n) is 9.21. The molecule has 0 bridgehead atoms. The molecule has 1 atom stereocenters. The molecule has 134 valence electrons. The first kappa shape index (κ1) is 18.8. The summed E-state index contributed by atoms with van der Waals surface area (Å²) >= 11 is 0. The van der Waals surface area contributed by atoms with Crippen molar-refractivity contribution < 1.29 is 14.3 Å². The van der Waals surface area contributed by atoms with Gasteiger partial charge in [-0.25, -0.2) is 0 Å². The number of anilines is 1. The lowest BCUT2D eigenvalue weighted by Gasteiger charge is -2.28. The molecule has 1 unspecified atom stereocenters. The number of hydrogen-bond donors (Lipinski definition) is 1. The SMILES string of the molecule is CCCC(C)(OCC)C(=O)Nc1ccc(OC2CCCC2)c(C)c1. The third-order valence-corrected chi connectivity index (χ3v) is 4.70. The Balaban J connectivity index is 2.03. The molecule has 0 radical (unpaired) electrons. The van der Waals surface area contributed by atoms with Gasteiger partial charge in [0.15, 0.2) is 0 Å². The van der Waals surface area contributed by atoms with Crippen molar-refractivity contribution in [1.82, 2.24) is 0 Å². The molecule has 1 aromatic rings. The number of carbonyl (C=O) groups is 1. The van der Waals surface area contributed by atoms with Crippen molar-refractivity contribution in [2.75, 3.05) is 11.9 Å². The second kappa shape index (κ2) is 8.52. The van der Waals surface area contributed by atoms with Crippen molar-refractivity contribution in [1.29, 1.82) is 0 Å². The van der Waals surface area contributed by atoms with Crippen LogP contribution in [-0.2, 0) is 9.53 Å². The molecular weight excluding hydrogens is 302 g/mol. The van der Waals surface area contributed by atoms with E-state index < -0.39 is 5.60 Å². The summed E-state index contributed by atoms with van der Waals surface area (Å²) in [6, 6.07) is 5.84. The number of carbonyl (C=O) groups excluding carboxylic acids is 1. The van der Waals surface area contributed by atoms with Gasteiger partial charge in [-0.05, 0) is 76.6 Å². The average molecular weight is 333 g/mol. The molecule has 1 fully saturated rings. The second-order valence-electron chi connectivity index (χ2n) is 6.87. The fourth-order valence-electron chi connectivity index (χ4n) is 3.36. The lowest BCUT2D eigenvalue weighted by molar-refractivity contribution is -0.139. The summed E-state index contributed by atoms with van der Waals surface area (Å²) in [5.74, 6) is 0.830. The molecule has 1 aliphatic rings. The van der Waals surface area contributed by atoms with Crippen LogP contribution < -0.4 is 10.1 Å². The number of ether oxygens (including phenoxy) is 2. The Morgan fingerprint density at radius 1 is 1.29 bits per heavy atom. The molecule has 1 aliphatic carbocycles. The van der Waals surface area contributed by atoms with Crippen molar-refractivity contribution in [3.63, 3.8) is 0 Å². The minimum absolute atomic E-state index is 0.0879. The third kappa shape index (κ3) is 4.73. The fourth-order valence-corrected chi connectivity index (χ4v) is 3.36. The minimum atomic E-state index is -0.781. The van der Waals surface area contributed by atoms with Crippen LogP contribution in [0.5, 0.6) is 5.75 Å². The highest BCUT2D eigenvalue weighted by atomic mass is 16.5. The van der Waals surface area contributed by atoms with Gasteiger partial charge in [0.2, 0.25) is 0 Å². The van der Waals surface area contributed by atoms with Crippen LogP contribution in [0, 0.1) is 6.92 Å². The Labute approximate surface area is 145 Å². The van der Waals surface area contributed by atoms with Crippen molar-refractivity contribution in [3.8, 4) is 5.75 Å². The normalized spacial score (nSPS) is 17.5. The number of benzene rings is 1. The maximum atomic E-state index is 12.6. The highest BCUT2D eigenvalue weighted by Crippen LogP contribution is 2.29. The van der Waals surface area contributed by atoms with E-state index in [1.165, 1.54) is 12.8 Å². The molecule has 1 amide bonds. The van der Waals surface area contributed by atoms with Gasteiger partial charge in [0.1, 0.15) is 11.4 Å². The van der Waals surface area contributed by atoms with Gasteiger partial charge in [-0.15, -0.1) is 0 Å². The topological polar surface area (TPSA) is 47.6 Å². The predicted molar refractivity (Wildman–Crippen MR) is 97.6 cm³/mol. The largest absolute Gasteiger partial charge is 0.490 e. The van der Waals surface area contributed by atoms with Gasteiger partial charge in [0.05, 0.1) is 6.10 Å². The summed E-state index contributed by atoms with van der Waals surface area (Å²) in [4.78, 5) is 12.6. The summed E-state index contributed by atoms with van der Waals surface area (Å²) in [6.07, 6.45) is 6.74. The first-order chi connectivity index (χ1) is 11.5. The maximum Gasteiger partial charge on any atom is 0.256 e. The standard InChI is InChI=1S/C20H31NO3/c1-5-13-20(4,23-6-2)19(22)21-16-11-12-18(15(3)14-16)24-17-9-7-8-10-17/h11-12,14,17H,5-10,13H2,1-4H3,(H,21,22). The van der Waals surface area contributed by atoms with Crippen LogP contribution in [0.4, 0.5) is 5.69 Å². The van der Waals surface area contributed by atoms with E-state index in [2.05, 4.69) is 12.2 Å². The Morgan fingerprint density at radius 3 is 2.58 bits per heavy atom. The third-order valence-electron chi connectivity index (χ3n) is 4.70. The minimum Gasteiger partial charge on any atom is -0.490 e. The van der Waals surface area contributed by atoms with E-state index in [0.717, 1.165) is 36.3 Å². The van der Waals surface area contributed by atoms with Crippen LogP contribution >= 0.6 is 0 Å². The van der Waals surface area contributed by atoms with Crippen LogP contribution in [0.25, 0.3) is 0 Å². The summed E-state index contributed by atoms with van der Waals surface area (Å²) in [5.41, 5.74) is 1.06. The second-order valence-corrected chi connectivity index (χ2v) is 6.87. The van der Waals surface area contributed by atoms with Crippen molar-refractivity contribution in [2.24, 2.45) is 0 Å². The van der Waals surface area contributed by atoms with Crippen molar-refractivity contribution >= 4 is 11.6 Å². The molecule has 1 aromatic carbocycles. The van der Waals surface area contributed by atoms with E-state index in [-0.39, 0.29) is 5.91 Å². The zero-order valence-electron chi connectivity index (χ0n) is 15.5. The van der Waals surface area contributed by atoms with Gasteiger partial charge in [-0.1, -0.05) is 13.3 Å². The fraction of sp³-hybridized carbons (Fsp3) is 0.650. The van der Waals surface area contributed by atoms with Gasteiger partial charge in [0.25, 0.3) is 5.91 Å². The number of hydrogen-bond acceptors (Lipinski definition) is 3. The smallest absolute Gasteiger partial charge is 0.256 e. The molecule has 2 rings (SSSR count). The maximum absolute atomic E-state index is 12.6. The molecule has 0 heterocycles. The lowest BCUT2D eigenvalue weighted by Crippen LogP contribution is -2.42.